The number of hydrogen-bond acceptors (Lipinski definition) is 4. The van der Waals surface area contributed by atoms with E-state index in [1.165, 1.54) is 7.11 Å². The summed E-state index contributed by atoms with van der Waals surface area (Å²) in [6.45, 7) is 2.76. The number of nitrogens with two attached hydrogens (primary N) is 1. The summed E-state index contributed by atoms with van der Waals surface area (Å²) in [5.74, 6) is -0.548. The third-order valence-electron chi connectivity index (χ3n) is 2.80. The molecule has 0 bridgehead atoms. The molecule has 1 heterocycles. The van der Waals surface area contributed by atoms with Gasteiger partial charge in [0.2, 0.25) is 5.91 Å². The molecule has 1 aliphatic heterocycles. The van der Waals surface area contributed by atoms with Gasteiger partial charge in [-0.3, -0.25) is 4.79 Å². The van der Waals surface area contributed by atoms with E-state index in [0.717, 1.165) is 0 Å². The average Bonchev–Trinajstić information content (AvgIpc) is 2.75. The topological polar surface area (TPSA) is 84.7 Å². The van der Waals surface area contributed by atoms with Crippen molar-refractivity contribution < 1.29 is 14.3 Å². The van der Waals surface area contributed by atoms with Crippen molar-refractivity contribution in [3.8, 4) is 0 Å². The molecule has 96 valence electrons. The van der Waals surface area contributed by atoms with Gasteiger partial charge in [0.15, 0.2) is 0 Å². The fourth-order valence-electron chi connectivity index (χ4n) is 1.70. The van der Waals surface area contributed by atoms with E-state index in [1.54, 1.807) is 11.8 Å². The van der Waals surface area contributed by atoms with Crippen LogP contribution in [0.3, 0.4) is 0 Å². The molecule has 1 fully saturated rings. The monoisotopic (exact) mass is 259 g/mol. The minimum Gasteiger partial charge on any atom is -0.453 e. The second-order valence-electron chi connectivity index (χ2n) is 4.03. The fourth-order valence-corrected chi connectivity index (χ4v) is 1.80. The molecule has 0 aromatic heterocycles. The van der Waals surface area contributed by atoms with Gasteiger partial charge in [0.25, 0.3) is 0 Å². The Balaban J connectivity index is 2.47. The molecule has 7 heteroatoms. The van der Waals surface area contributed by atoms with Crippen molar-refractivity contribution in [2.45, 2.75) is 19.4 Å². The number of alkyl carbamates (subject to hydrolysis) is 1. The standard InChI is InChI=1S/C10H17N3O3S/c1-6(8(11)17)9(14)13-4-3-7(5-13)12-10(15)16-2/h6-7H,3-5H2,1-2H3,(H2,11,17)(H,12,15). The Morgan fingerprint density at radius 2 is 2.24 bits per heavy atom. The molecule has 0 saturated carbocycles. The maximum atomic E-state index is 11.9. The molecule has 3 N–H and O–H groups in total. The fraction of sp³-hybridized carbons (Fsp3) is 0.700. The summed E-state index contributed by atoms with van der Waals surface area (Å²) >= 11 is 4.79. The van der Waals surface area contributed by atoms with E-state index in [1.807, 2.05) is 0 Å². The molecule has 2 atom stereocenters. The lowest BCUT2D eigenvalue weighted by atomic mass is 10.1. The summed E-state index contributed by atoms with van der Waals surface area (Å²) < 4.78 is 4.50. The molecular formula is C10H17N3O3S. The maximum absolute atomic E-state index is 11.9. The van der Waals surface area contributed by atoms with Gasteiger partial charge in [0.1, 0.15) is 0 Å². The highest BCUT2D eigenvalue weighted by Crippen LogP contribution is 2.13. The molecule has 2 unspecified atom stereocenters. The van der Waals surface area contributed by atoms with Crippen LogP contribution in [0.4, 0.5) is 4.79 Å². The number of nitrogens with zero attached hydrogens (tertiary/aromatic N) is 1. The third-order valence-corrected chi connectivity index (χ3v) is 3.16. The summed E-state index contributed by atoms with van der Waals surface area (Å²) in [6.07, 6.45) is 0.233. The summed E-state index contributed by atoms with van der Waals surface area (Å²) in [6, 6.07) is -0.0649. The van der Waals surface area contributed by atoms with Crippen molar-refractivity contribution in [3.63, 3.8) is 0 Å². The van der Waals surface area contributed by atoms with E-state index in [9.17, 15) is 9.59 Å². The Morgan fingerprint density at radius 1 is 1.59 bits per heavy atom. The van der Waals surface area contributed by atoms with Crippen LogP contribution in [0.15, 0.2) is 0 Å². The molecule has 1 rings (SSSR count). The lowest BCUT2D eigenvalue weighted by Crippen LogP contribution is -2.41. The first-order chi connectivity index (χ1) is 7.95. The second-order valence-corrected chi connectivity index (χ2v) is 4.50. The number of rotatable bonds is 3. The van der Waals surface area contributed by atoms with Gasteiger partial charge in [-0.25, -0.2) is 4.79 Å². The molecule has 0 aromatic carbocycles. The third kappa shape index (κ3) is 3.55. The Labute approximate surface area is 105 Å². The number of ether oxygens (including phenoxy) is 1. The molecule has 17 heavy (non-hydrogen) atoms. The summed E-state index contributed by atoms with van der Waals surface area (Å²) in [4.78, 5) is 24.8. The Hall–Kier alpha value is -1.37. The van der Waals surface area contributed by atoms with Gasteiger partial charge in [-0.2, -0.15) is 0 Å². The molecule has 0 aromatic rings. The van der Waals surface area contributed by atoms with Crippen molar-refractivity contribution in [3.05, 3.63) is 0 Å². The maximum Gasteiger partial charge on any atom is 0.407 e. The first kappa shape index (κ1) is 13.7. The minimum atomic E-state index is -0.480. The second kappa shape index (κ2) is 5.81. The van der Waals surface area contributed by atoms with Crippen molar-refractivity contribution in [1.82, 2.24) is 10.2 Å². The van der Waals surface area contributed by atoms with Gasteiger partial charge in [0, 0.05) is 13.1 Å². The predicted molar refractivity (Wildman–Crippen MR) is 66.5 cm³/mol. The van der Waals surface area contributed by atoms with Gasteiger partial charge in [-0.05, 0) is 13.3 Å². The van der Waals surface area contributed by atoms with E-state index in [-0.39, 0.29) is 16.9 Å². The Kier molecular flexibility index (Phi) is 4.68. The SMILES string of the molecule is COC(=O)NC1CCN(C(=O)C(C)C(N)=S)C1. The smallest absolute Gasteiger partial charge is 0.407 e. The number of likely N-dealkylation sites (tertiary alicyclic amines) is 1. The first-order valence-electron chi connectivity index (χ1n) is 5.38. The van der Waals surface area contributed by atoms with Crippen molar-refractivity contribution in [1.29, 1.82) is 0 Å². The van der Waals surface area contributed by atoms with Crippen LogP contribution in [0.1, 0.15) is 13.3 Å². The van der Waals surface area contributed by atoms with E-state index < -0.39 is 12.0 Å². The van der Waals surface area contributed by atoms with E-state index in [2.05, 4.69) is 10.1 Å². The van der Waals surface area contributed by atoms with Gasteiger partial charge in [-0.15, -0.1) is 0 Å². The van der Waals surface area contributed by atoms with Crippen molar-refractivity contribution in [2.75, 3.05) is 20.2 Å². The molecule has 0 spiro atoms. The number of amides is 2. The van der Waals surface area contributed by atoms with Gasteiger partial charge in [-0.1, -0.05) is 12.2 Å². The Morgan fingerprint density at radius 3 is 2.76 bits per heavy atom. The molecular weight excluding hydrogens is 242 g/mol. The minimum absolute atomic E-state index is 0.0649. The molecule has 0 aliphatic carbocycles. The van der Waals surface area contributed by atoms with Crippen LogP contribution in [0.5, 0.6) is 0 Å². The number of methoxy groups -OCH3 is 1. The van der Waals surface area contributed by atoms with E-state index in [4.69, 9.17) is 18.0 Å². The Bertz CT molecular complexity index is 335. The summed E-state index contributed by atoms with van der Waals surface area (Å²) in [7, 11) is 1.31. The number of hydrogen-bond donors (Lipinski definition) is 2. The number of carbonyl (C=O) groups excluding carboxylic acids is 2. The van der Waals surface area contributed by atoms with Crippen LogP contribution in [0.2, 0.25) is 0 Å². The summed E-state index contributed by atoms with van der Waals surface area (Å²) in [5.41, 5.74) is 5.44. The number of nitrogens with one attached hydrogen (secondary N) is 1. The molecule has 6 nitrogen and oxygen atoms in total. The largest absolute Gasteiger partial charge is 0.453 e. The van der Waals surface area contributed by atoms with Gasteiger partial charge in [0.05, 0.1) is 24.1 Å². The zero-order valence-electron chi connectivity index (χ0n) is 9.93. The highest BCUT2D eigenvalue weighted by Gasteiger charge is 2.30. The highest BCUT2D eigenvalue weighted by molar-refractivity contribution is 7.80. The zero-order chi connectivity index (χ0) is 13.0. The van der Waals surface area contributed by atoms with Crippen molar-refractivity contribution >= 4 is 29.2 Å². The number of thiocarbonyl (C=S) groups is 1. The zero-order valence-corrected chi connectivity index (χ0v) is 10.8. The van der Waals surface area contributed by atoms with Gasteiger partial charge >= 0.3 is 6.09 Å². The quantitative estimate of drug-likeness (QED) is 0.689. The van der Waals surface area contributed by atoms with Crippen LogP contribution >= 0.6 is 12.2 Å². The number of carbonyl (C=O) groups is 2. The van der Waals surface area contributed by atoms with Crippen LogP contribution in [-0.2, 0) is 9.53 Å². The lowest BCUT2D eigenvalue weighted by Gasteiger charge is -2.20. The van der Waals surface area contributed by atoms with E-state index in [0.29, 0.717) is 19.5 Å². The normalized spacial score (nSPS) is 20.8. The summed E-state index contributed by atoms with van der Waals surface area (Å²) in [5, 5.41) is 2.66. The molecule has 1 saturated heterocycles. The van der Waals surface area contributed by atoms with E-state index >= 15 is 0 Å². The van der Waals surface area contributed by atoms with Crippen LogP contribution < -0.4 is 11.1 Å². The predicted octanol–water partition coefficient (Wildman–Crippen LogP) is -0.134. The van der Waals surface area contributed by atoms with Crippen LogP contribution in [-0.4, -0.2) is 48.1 Å². The van der Waals surface area contributed by atoms with Gasteiger partial charge < -0.3 is 20.7 Å². The molecule has 2 amide bonds. The molecule has 0 radical (unpaired) electrons. The first-order valence-corrected chi connectivity index (χ1v) is 5.79. The van der Waals surface area contributed by atoms with Crippen LogP contribution in [0.25, 0.3) is 0 Å². The van der Waals surface area contributed by atoms with Crippen molar-refractivity contribution in [2.24, 2.45) is 11.7 Å². The average molecular weight is 259 g/mol. The van der Waals surface area contributed by atoms with Crippen LogP contribution in [0, 0.1) is 5.92 Å². The molecule has 1 aliphatic rings. The highest BCUT2D eigenvalue weighted by atomic mass is 32.1. The lowest BCUT2D eigenvalue weighted by molar-refractivity contribution is -0.131.